The van der Waals surface area contributed by atoms with Crippen molar-refractivity contribution in [3.63, 3.8) is 0 Å². The van der Waals surface area contributed by atoms with Gasteiger partial charge in [-0.3, -0.25) is 4.79 Å². The van der Waals surface area contributed by atoms with Crippen molar-refractivity contribution in [1.29, 1.82) is 0 Å². The van der Waals surface area contributed by atoms with Crippen LogP contribution < -0.4 is 0 Å². The van der Waals surface area contributed by atoms with Crippen LogP contribution >= 0.6 is 11.8 Å². The molecule has 0 aromatic heterocycles. The number of aliphatic carboxylic acids is 1. The number of carboxylic acids is 1. The molecule has 0 radical (unpaired) electrons. The molecule has 0 aromatic carbocycles. The van der Waals surface area contributed by atoms with Gasteiger partial charge in [0.25, 0.3) is 0 Å². The summed E-state index contributed by atoms with van der Waals surface area (Å²) in [5.74, 6) is 1.15. The highest BCUT2D eigenvalue weighted by atomic mass is 32.2. The predicted molar refractivity (Wildman–Crippen MR) is 33.1 cm³/mol. The van der Waals surface area contributed by atoms with Crippen molar-refractivity contribution in [3.05, 3.63) is 0 Å². The maximum Gasteiger partial charge on any atom is 0.307 e. The van der Waals surface area contributed by atoms with E-state index in [1.807, 2.05) is 0 Å². The summed E-state index contributed by atoms with van der Waals surface area (Å²) < 4.78 is 0. The lowest BCUT2D eigenvalue weighted by Gasteiger charge is -1.96. The lowest BCUT2D eigenvalue weighted by Crippen LogP contribution is -2.11. The lowest BCUT2D eigenvalue weighted by atomic mass is 10.1. The van der Waals surface area contributed by atoms with Gasteiger partial charge < -0.3 is 5.11 Å². The minimum absolute atomic E-state index is 0.0556. The molecule has 1 N–H and O–H groups in total. The SMILES string of the molecule is O=C(O)C1CCSC1. The van der Waals surface area contributed by atoms with Crippen LogP contribution in [-0.2, 0) is 4.79 Å². The van der Waals surface area contributed by atoms with Crippen LogP contribution in [0.1, 0.15) is 6.42 Å². The summed E-state index contributed by atoms with van der Waals surface area (Å²) in [6.07, 6.45) is 0.861. The highest BCUT2D eigenvalue weighted by molar-refractivity contribution is 7.99. The van der Waals surface area contributed by atoms with E-state index >= 15 is 0 Å². The van der Waals surface area contributed by atoms with Crippen LogP contribution in [0.2, 0.25) is 0 Å². The molecule has 1 aliphatic heterocycles. The normalized spacial score (nSPS) is 28.2. The number of carbonyl (C=O) groups is 1. The summed E-state index contributed by atoms with van der Waals surface area (Å²) in [5.41, 5.74) is 0. The lowest BCUT2D eigenvalue weighted by molar-refractivity contribution is -0.140. The Morgan fingerprint density at radius 3 is 2.75 bits per heavy atom. The van der Waals surface area contributed by atoms with Crippen LogP contribution in [0, 0.1) is 5.92 Å². The molecule has 0 bridgehead atoms. The minimum Gasteiger partial charge on any atom is -0.481 e. The third-order valence-electron chi connectivity index (χ3n) is 1.28. The minimum atomic E-state index is -0.630. The van der Waals surface area contributed by atoms with Crippen LogP contribution in [0.3, 0.4) is 0 Å². The first kappa shape index (κ1) is 5.95. The van der Waals surface area contributed by atoms with Crippen molar-refractivity contribution in [1.82, 2.24) is 0 Å². The highest BCUT2D eigenvalue weighted by Crippen LogP contribution is 2.22. The van der Waals surface area contributed by atoms with Crippen molar-refractivity contribution < 1.29 is 9.90 Å². The fourth-order valence-electron chi connectivity index (χ4n) is 0.729. The highest BCUT2D eigenvalue weighted by Gasteiger charge is 2.21. The fraction of sp³-hybridized carbons (Fsp3) is 0.800. The Morgan fingerprint density at radius 1 is 1.75 bits per heavy atom. The molecule has 0 aliphatic carbocycles. The Kier molecular flexibility index (Phi) is 1.78. The second-order valence-electron chi connectivity index (χ2n) is 1.90. The van der Waals surface area contributed by atoms with Gasteiger partial charge in [0, 0.05) is 5.75 Å². The van der Waals surface area contributed by atoms with Crippen LogP contribution in [0.15, 0.2) is 0 Å². The topological polar surface area (TPSA) is 37.3 Å². The maximum atomic E-state index is 10.2. The van der Waals surface area contributed by atoms with E-state index in [-0.39, 0.29) is 5.92 Å². The van der Waals surface area contributed by atoms with Crippen molar-refractivity contribution in [2.45, 2.75) is 6.42 Å². The zero-order valence-electron chi connectivity index (χ0n) is 4.46. The molecule has 46 valence electrons. The monoisotopic (exact) mass is 132 g/mol. The first-order valence-electron chi connectivity index (χ1n) is 2.61. The Bertz CT molecular complexity index is 96.6. The van der Waals surface area contributed by atoms with Gasteiger partial charge in [-0.1, -0.05) is 0 Å². The number of carboxylic acid groups (broad SMARTS) is 1. The molecule has 3 heteroatoms. The van der Waals surface area contributed by atoms with Gasteiger partial charge in [0.1, 0.15) is 0 Å². The van der Waals surface area contributed by atoms with E-state index in [1.165, 1.54) is 0 Å². The van der Waals surface area contributed by atoms with Crippen LogP contribution in [0.25, 0.3) is 0 Å². The number of hydrogen-bond donors (Lipinski definition) is 1. The molecule has 2 nitrogen and oxygen atoms in total. The van der Waals surface area contributed by atoms with Gasteiger partial charge in [-0.2, -0.15) is 11.8 Å². The predicted octanol–water partition coefficient (Wildman–Crippen LogP) is 0.824. The zero-order chi connectivity index (χ0) is 5.98. The third-order valence-corrected chi connectivity index (χ3v) is 2.44. The van der Waals surface area contributed by atoms with Crippen LogP contribution in [0.4, 0.5) is 0 Å². The third kappa shape index (κ3) is 1.15. The second kappa shape index (κ2) is 2.40. The molecule has 1 aliphatic rings. The standard InChI is InChI=1S/C5H8O2S/c6-5(7)4-1-2-8-3-4/h4H,1-3H2,(H,6,7). The van der Waals surface area contributed by atoms with Crippen molar-refractivity contribution in [2.75, 3.05) is 11.5 Å². The molecule has 0 saturated carbocycles. The first-order chi connectivity index (χ1) is 3.80. The van der Waals surface area contributed by atoms with Gasteiger partial charge in [-0.05, 0) is 12.2 Å². The summed E-state index contributed by atoms with van der Waals surface area (Å²) in [5, 5.41) is 8.40. The summed E-state index contributed by atoms with van der Waals surface area (Å²) >= 11 is 1.73. The summed E-state index contributed by atoms with van der Waals surface area (Å²) in [6.45, 7) is 0. The van der Waals surface area contributed by atoms with Crippen molar-refractivity contribution in [3.8, 4) is 0 Å². The average molecular weight is 132 g/mol. The molecule has 1 heterocycles. The molecule has 1 atom stereocenters. The van der Waals surface area contributed by atoms with Gasteiger partial charge >= 0.3 is 5.97 Å². The summed E-state index contributed by atoms with van der Waals surface area (Å²) in [4.78, 5) is 10.2. The van der Waals surface area contributed by atoms with Crippen LogP contribution in [-0.4, -0.2) is 22.6 Å². The van der Waals surface area contributed by atoms with E-state index in [9.17, 15) is 4.79 Å². The van der Waals surface area contributed by atoms with E-state index in [2.05, 4.69) is 0 Å². The Labute approximate surface area is 52.3 Å². The zero-order valence-corrected chi connectivity index (χ0v) is 5.28. The van der Waals surface area contributed by atoms with Gasteiger partial charge in [0.2, 0.25) is 0 Å². The molecule has 8 heavy (non-hydrogen) atoms. The summed E-state index contributed by atoms with van der Waals surface area (Å²) in [7, 11) is 0. The van der Waals surface area contributed by atoms with E-state index < -0.39 is 5.97 Å². The van der Waals surface area contributed by atoms with E-state index in [4.69, 9.17) is 5.11 Å². The number of hydrogen-bond acceptors (Lipinski definition) is 2. The molecule has 1 saturated heterocycles. The Hall–Kier alpha value is -0.180. The maximum absolute atomic E-state index is 10.2. The van der Waals surface area contributed by atoms with Crippen molar-refractivity contribution >= 4 is 17.7 Å². The molecule has 1 rings (SSSR count). The molecule has 1 fully saturated rings. The van der Waals surface area contributed by atoms with Crippen molar-refractivity contribution in [2.24, 2.45) is 5.92 Å². The van der Waals surface area contributed by atoms with Gasteiger partial charge in [-0.15, -0.1) is 0 Å². The van der Waals surface area contributed by atoms with Gasteiger partial charge in [0.15, 0.2) is 0 Å². The largest absolute Gasteiger partial charge is 0.481 e. The molecule has 0 aromatic rings. The van der Waals surface area contributed by atoms with E-state index in [0.717, 1.165) is 17.9 Å². The molecule has 0 spiro atoms. The first-order valence-corrected chi connectivity index (χ1v) is 3.76. The van der Waals surface area contributed by atoms with E-state index in [0.29, 0.717) is 0 Å². The Morgan fingerprint density at radius 2 is 2.50 bits per heavy atom. The average Bonchev–Trinajstić information content (AvgIpc) is 2.12. The molecular formula is C5H8O2S. The van der Waals surface area contributed by atoms with Gasteiger partial charge in [-0.25, -0.2) is 0 Å². The Balaban J connectivity index is 2.35. The number of thioether (sulfide) groups is 1. The van der Waals surface area contributed by atoms with E-state index in [1.54, 1.807) is 11.8 Å². The molecular weight excluding hydrogens is 124 g/mol. The molecule has 1 unspecified atom stereocenters. The number of rotatable bonds is 1. The second-order valence-corrected chi connectivity index (χ2v) is 3.05. The smallest absolute Gasteiger partial charge is 0.307 e. The van der Waals surface area contributed by atoms with Crippen LogP contribution in [0.5, 0.6) is 0 Å². The summed E-state index contributed by atoms with van der Waals surface area (Å²) in [6, 6.07) is 0. The quantitative estimate of drug-likeness (QED) is 0.574. The molecule has 0 amide bonds. The van der Waals surface area contributed by atoms with Gasteiger partial charge in [0.05, 0.1) is 5.92 Å². The fourth-order valence-corrected chi connectivity index (χ4v) is 1.94.